The van der Waals surface area contributed by atoms with Crippen molar-refractivity contribution in [3.8, 4) is 11.3 Å². The van der Waals surface area contributed by atoms with Gasteiger partial charge in [-0.15, -0.1) is 11.3 Å². The molecule has 0 bridgehead atoms. The molecule has 7 nitrogen and oxygen atoms in total. The van der Waals surface area contributed by atoms with Crippen LogP contribution >= 0.6 is 11.3 Å². The number of hydrogen-bond acceptors (Lipinski definition) is 5. The van der Waals surface area contributed by atoms with E-state index < -0.39 is 0 Å². The Morgan fingerprint density at radius 2 is 2.00 bits per heavy atom. The molecule has 5 rings (SSSR count). The number of nitrogens with zero attached hydrogens (tertiary/aromatic N) is 4. The van der Waals surface area contributed by atoms with Gasteiger partial charge in [0.15, 0.2) is 5.65 Å². The number of piperidine rings is 1. The second kappa shape index (κ2) is 9.30. The lowest BCUT2D eigenvalue weighted by Gasteiger charge is -2.42. The number of aryl methyl sites for hydroxylation is 2. The third kappa shape index (κ3) is 3.95. The van der Waals surface area contributed by atoms with Gasteiger partial charge < -0.3 is 10.7 Å². The lowest BCUT2D eigenvalue weighted by atomic mass is 9.78. The molecule has 1 aliphatic heterocycles. The van der Waals surface area contributed by atoms with Crippen LogP contribution in [0.5, 0.6) is 0 Å². The van der Waals surface area contributed by atoms with Gasteiger partial charge in [0.1, 0.15) is 11.2 Å². The maximum absolute atomic E-state index is 11.6. The third-order valence-corrected chi connectivity index (χ3v) is 9.75. The Labute approximate surface area is 217 Å². The van der Waals surface area contributed by atoms with E-state index in [9.17, 15) is 4.79 Å². The zero-order valence-corrected chi connectivity index (χ0v) is 23.3. The Balaban J connectivity index is 1.61. The molecular formula is C28H38N6OS. The SMILES string of the molecule is CC[C@H]1CN(CC(N)=O)[C@@H](C)C[C@H]1c1sc2[nH]c(-c3cn4ncnc4c(C)c3C)c(C(C)C)c2c1C. The molecule has 0 aromatic carbocycles. The number of carbonyl (C=O) groups excluding carboxylic acids is 1. The summed E-state index contributed by atoms with van der Waals surface area (Å²) < 4.78 is 1.89. The number of nitrogens with two attached hydrogens (primary N) is 1. The molecule has 4 aromatic rings. The predicted molar refractivity (Wildman–Crippen MR) is 148 cm³/mol. The lowest BCUT2D eigenvalue weighted by Crippen LogP contribution is -2.48. The maximum Gasteiger partial charge on any atom is 0.231 e. The number of H-pyrrole nitrogens is 1. The number of nitrogens with one attached hydrogen (secondary N) is 1. The fraction of sp³-hybridized carbons (Fsp3) is 0.536. The minimum absolute atomic E-state index is 0.237. The summed E-state index contributed by atoms with van der Waals surface area (Å²) in [6, 6.07) is 0.338. The van der Waals surface area contributed by atoms with E-state index in [2.05, 4.69) is 74.6 Å². The van der Waals surface area contributed by atoms with Gasteiger partial charge in [0.05, 0.1) is 12.2 Å². The Morgan fingerprint density at radius 3 is 2.67 bits per heavy atom. The minimum atomic E-state index is -0.237. The van der Waals surface area contributed by atoms with E-state index >= 15 is 0 Å². The molecule has 0 saturated carbocycles. The number of thiophene rings is 1. The van der Waals surface area contributed by atoms with Crippen molar-refractivity contribution >= 4 is 33.1 Å². The monoisotopic (exact) mass is 506 g/mol. The van der Waals surface area contributed by atoms with Gasteiger partial charge in [-0.25, -0.2) is 9.50 Å². The van der Waals surface area contributed by atoms with Gasteiger partial charge >= 0.3 is 0 Å². The Kier molecular flexibility index (Phi) is 6.45. The van der Waals surface area contributed by atoms with Gasteiger partial charge in [-0.1, -0.05) is 27.2 Å². The summed E-state index contributed by atoms with van der Waals surface area (Å²) in [5.41, 5.74) is 14.1. The van der Waals surface area contributed by atoms with Crippen molar-refractivity contribution in [2.45, 2.75) is 79.2 Å². The zero-order chi connectivity index (χ0) is 25.9. The molecule has 36 heavy (non-hydrogen) atoms. The van der Waals surface area contributed by atoms with Gasteiger partial charge in [0, 0.05) is 34.6 Å². The molecule has 0 spiro atoms. The van der Waals surface area contributed by atoms with E-state index in [1.54, 1.807) is 6.33 Å². The first-order chi connectivity index (χ1) is 17.1. The molecular weight excluding hydrogens is 468 g/mol. The number of pyridine rings is 1. The molecule has 1 amide bonds. The van der Waals surface area contributed by atoms with Crippen molar-refractivity contribution in [3.63, 3.8) is 0 Å². The van der Waals surface area contributed by atoms with Crippen LogP contribution in [0.1, 0.15) is 79.5 Å². The number of fused-ring (bicyclic) bond motifs is 2. The summed E-state index contributed by atoms with van der Waals surface area (Å²) in [5.74, 6) is 1.15. The smallest absolute Gasteiger partial charge is 0.231 e. The van der Waals surface area contributed by atoms with E-state index in [0.29, 0.717) is 30.3 Å². The second-order valence-electron chi connectivity index (χ2n) is 10.9. The van der Waals surface area contributed by atoms with Crippen molar-refractivity contribution in [1.29, 1.82) is 0 Å². The van der Waals surface area contributed by atoms with E-state index in [1.165, 1.54) is 43.0 Å². The molecule has 1 aliphatic rings. The van der Waals surface area contributed by atoms with Crippen molar-refractivity contribution in [3.05, 3.63) is 39.7 Å². The van der Waals surface area contributed by atoms with Gasteiger partial charge in [-0.3, -0.25) is 9.69 Å². The Hall–Kier alpha value is -2.71. The van der Waals surface area contributed by atoms with Crippen LogP contribution in [0.25, 0.3) is 27.1 Å². The molecule has 3 atom stereocenters. The van der Waals surface area contributed by atoms with Gasteiger partial charge in [0.25, 0.3) is 0 Å². The highest BCUT2D eigenvalue weighted by molar-refractivity contribution is 7.19. The Bertz CT molecular complexity index is 1440. The number of aromatic amines is 1. The first-order valence-electron chi connectivity index (χ1n) is 13.1. The summed E-state index contributed by atoms with van der Waals surface area (Å²) in [6.07, 6.45) is 5.89. The number of amides is 1. The number of carbonyl (C=O) groups is 1. The predicted octanol–water partition coefficient (Wildman–Crippen LogP) is 5.68. The van der Waals surface area contributed by atoms with Crippen LogP contribution < -0.4 is 5.73 Å². The fourth-order valence-electron chi connectivity index (χ4n) is 6.32. The molecule has 5 heterocycles. The van der Waals surface area contributed by atoms with E-state index in [-0.39, 0.29) is 5.91 Å². The summed E-state index contributed by atoms with van der Waals surface area (Å²) in [7, 11) is 0. The molecule has 8 heteroatoms. The van der Waals surface area contributed by atoms with Crippen LogP contribution in [0, 0.1) is 26.7 Å². The quantitative estimate of drug-likeness (QED) is 0.352. The van der Waals surface area contributed by atoms with Crippen molar-refractivity contribution in [2.75, 3.05) is 13.1 Å². The summed E-state index contributed by atoms with van der Waals surface area (Å²) in [6.45, 7) is 17.0. The van der Waals surface area contributed by atoms with E-state index in [0.717, 1.165) is 30.6 Å². The number of hydrogen-bond donors (Lipinski definition) is 2. The highest BCUT2D eigenvalue weighted by Crippen LogP contribution is 2.48. The number of rotatable bonds is 6. The molecule has 4 aromatic heterocycles. The standard InChI is InChI=1S/C28H38N6OS/c1-8-19-10-33(12-22(29)35)15(4)9-20(19)26-18(7)24-23(14(2)3)25(32-28(24)36-26)21-11-34-27(30-13-31-34)17(6)16(21)5/h11,13-15,19-20,32H,8-10,12H2,1-7H3,(H2,29,35)/t15-,19-,20+/m0/s1. The zero-order valence-electron chi connectivity index (χ0n) is 22.5. The topological polar surface area (TPSA) is 92.3 Å². The molecule has 3 N–H and O–H groups in total. The highest BCUT2D eigenvalue weighted by Gasteiger charge is 2.36. The molecule has 1 saturated heterocycles. The first-order valence-corrected chi connectivity index (χ1v) is 13.9. The summed E-state index contributed by atoms with van der Waals surface area (Å²) >= 11 is 1.93. The molecule has 1 fully saturated rings. The largest absolute Gasteiger partial charge is 0.369 e. The third-order valence-electron chi connectivity index (χ3n) is 8.41. The molecule has 0 radical (unpaired) electrons. The summed E-state index contributed by atoms with van der Waals surface area (Å²) in [5, 5.41) is 5.81. The first kappa shape index (κ1) is 25.0. The van der Waals surface area contributed by atoms with Gasteiger partial charge in [-0.05, 0) is 74.1 Å². The fourth-order valence-corrected chi connectivity index (χ4v) is 7.75. The van der Waals surface area contributed by atoms with Crippen LogP contribution in [-0.2, 0) is 4.79 Å². The van der Waals surface area contributed by atoms with Crippen molar-refractivity contribution in [2.24, 2.45) is 11.7 Å². The van der Waals surface area contributed by atoms with Crippen LogP contribution in [0.15, 0.2) is 12.5 Å². The Morgan fingerprint density at radius 1 is 1.25 bits per heavy atom. The highest BCUT2D eigenvalue weighted by atomic mass is 32.1. The minimum Gasteiger partial charge on any atom is -0.369 e. The van der Waals surface area contributed by atoms with E-state index in [4.69, 9.17) is 5.73 Å². The molecule has 0 aliphatic carbocycles. The number of aromatic nitrogens is 4. The molecule has 0 unspecified atom stereocenters. The second-order valence-corrected chi connectivity index (χ2v) is 12.0. The van der Waals surface area contributed by atoms with Crippen molar-refractivity contribution < 1.29 is 4.79 Å². The molecule has 192 valence electrons. The van der Waals surface area contributed by atoms with Crippen molar-refractivity contribution in [1.82, 2.24) is 24.5 Å². The number of primary amides is 1. The summed E-state index contributed by atoms with van der Waals surface area (Å²) in [4.78, 5) is 24.9. The average molecular weight is 507 g/mol. The van der Waals surface area contributed by atoms with Gasteiger partial charge in [-0.2, -0.15) is 5.10 Å². The average Bonchev–Trinajstić information content (AvgIpc) is 3.52. The normalized spacial score (nSPS) is 21.3. The van der Waals surface area contributed by atoms with Gasteiger partial charge in [0.2, 0.25) is 5.91 Å². The van der Waals surface area contributed by atoms with Crippen LogP contribution in [-0.4, -0.2) is 49.5 Å². The maximum atomic E-state index is 11.6. The van der Waals surface area contributed by atoms with E-state index in [1.807, 2.05) is 15.9 Å². The lowest BCUT2D eigenvalue weighted by molar-refractivity contribution is -0.120. The van der Waals surface area contributed by atoms with Crippen LogP contribution in [0.4, 0.5) is 0 Å². The van der Waals surface area contributed by atoms with Crippen LogP contribution in [0.3, 0.4) is 0 Å². The number of likely N-dealkylation sites (tertiary alicyclic amines) is 1. The van der Waals surface area contributed by atoms with Crippen LogP contribution in [0.2, 0.25) is 0 Å².